The van der Waals surface area contributed by atoms with Crippen molar-refractivity contribution in [1.29, 1.82) is 0 Å². The second-order valence-electron chi connectivity index (χ2n) is 9.28. The van der Waals surface area contributed by atoms with E-state index in [1.165, 1.54) is 28.0 Å². The minimum Gasteiger partial charge on any atom is -0.507 e. The van der Waals surface area contributed by atoms with Gasteiger partial charge in [0, 0.05) is 11.3 Å². The summed E-state index contributed by atoms with van der Waals surface area (Å²) >= 11 is 2.74. The lowest BCUT2D eigenvalue weighted by Gasteiger charge is -2.23. The second-order valence-corrected chi connectivity index (χ2v) is 11.5. The molecule has 2 heterocycles. The zero-order chi connectivity index (χ0) is 28.2. The van der Waals surface area contributed by atoms with Crippen LogP contribution < -0.4 is 9.64 Å². The lowest BCUT2D eigenvalue weighted by Crippen LogP contribution is -2.29. The van der Waals surface area contributed by atoms with Crippen molar-refractivity contribution in [2.24, 2.45) is 0 Å². The molecule has 0 radical (unpaired) electrons. The number of Topliss-reactive ketones (excluding diaryl/α,β-unsaturated/α-hetero) is 1. The first kappa shape index (κ1) is 27.4. The van der Waals surface area contributed by atoms with Gasteiger partial charge in [0.1, 0.15) is 18.1 Å². The van der Waals surface area contributed by atoms with Crippen LogP contribution in [0.1, 0.15) is 33.9 Å². The van der Waals surface area contributed by atoms with Crippen molar-refractivity contribution >= 4 is 45.7 Å². The molecule has 40 heavy (non-hydrogen) atoms. The molecule has 3 aromatic carbocycles. The van der Waals surface area contributed by atoms with E-state index >= 15 is 0 Å². The quantitative estimate of drug-likeness (QED) is 0.0603. The third kappa shape index (κ3) is 5.57. The number of carbonyl (C=O) groups is 2. The molecule has 0 spiro atoms. The summed E-state index contributed by atoms with van der Waals surface area (Å²) in [6.45, 7) is 7.77. The van der Waals surface area contributed by atoms with E-state index in [9.17, 15) is 14.7 Å². The van der Waals surface area contributed by atoms with Crippen molar-refractivity contribution < 1.29 is 19.4 Å². The Kier molecular flexibility index (Phi) is 8.14. The van der Waals surface area contributed by atoms with Crippen molar-refractivity contribution in [3.63, 3.8) is 0 Å². The number of aromatic nitrogens is 2. The Morgan fingerprint density at radius 2 is 1.82 bits per heavy atom. The van der Waals surface area contributed by atoms with Crippen molar-refractivity contribution in [2.45, 2.75) is 30.0 Å². The van der Waals surface area contributed by atoms with Crippen LogP contribution >= 0.6 is 23.1 Å². The Bertz CT molecular complexity index is 1600. The summed E-state index contributed by atoms with van der Waals surface area (Å²) in [6.07, 6.45) is 1.65. The molecule has 1 atom stereocenters. The monoisotopic (exact) mass is 569 g/mol. The van der Waals surface area contributed by atoms with Crippen LogP contribution in [0.2, 0.25) is 0 Å². The highest BCUT2D eigenvalue weighted by atomic mass is 32.2. The molecule has 1 N–H and O–H groups in total. The molecular formula is C31H27N3O4S2. The molecule has 1 aliphatic heterocycles. The Labute approximate surface area is 240 Å². The lowest BCUT2D eigenvalue weighted by molar-refractivity contribution is -0.132. The first-order valence-electron chi connectivity index (χ1n) is 12.6. The summed E-state index contributed by atoms with van der Waals surface area (Å²) in [5.74, 6) is -0.451. The molecule has 9 heteroatoms. The summed E-state index contributed by atoms with van der Waals surface area (Å²) in [6, 6.07) is 21.8. The van der Waals surface area contributed by atoms with Crippen molar-refractivity contribution in [3.8, 4) is 5.75 Å². The lowest BCUT2D eigenvalue weighted by atomic mass is 9.93. The fourth-order valence-electron chi connectivity index (χ4n) is 4.46. The number of hydrogen-bond acceptors (Lipinski definition) is 8. The zero-order valence-electron chi connectivity index (χ0n) is 22.0. The second kappa shape index (κ2) is 11.9. The van der Waals surface area contributed by atoms with E-state index in [0.29, 0.717) is 33.6 Å². The van der Waals surface area contributed by atoms with Crippen LogP contribution in [0.15, 0.2) is 95.4 Å². The summed E-state index contributed by atoms with van der Waals surface area (Å²) in [7, 11) is 0. The molecule has 1 unspecified atom stereocenters. The highest BCUT2D eigenvalue weighted by Gasteiger charge is 2.48. The topological polar surface area (TPSA) is 92.6 Å². The molecule has 1 saturated heterocycles. The van der Waals surface area contributed by atoms with E-state index in [0.717, 1.165) is 16.7 Å². The normalized spacial score (nSPS) is 16.4. The van der Waals surface area contributed by atoms with E-state index in [4.69, 9.17) is 4.74 Å². The molecule has 5 rings (SSSR count). The number of hydrogen-bond donors (Lipinski definition) is 1. The molecule has 4 aromatic rings. The van der Waals surface area contributed by atoms with Gasteiger partial charge in [0.2, 0.25) is 5.13 Å². The van der Waals surface area contributed by atoms with Crippen LogP contribution in [0, 0.1) is 13.8 Å². The fraction of sp³-hybridized carbons (Fsp3) is 0.161. The zero-order valence-corrected chi connectivity index (χ0v) is 23.7. The summed E-state index contributed by atoms with van der Waals surface area (Å²) in [4.78, 5) is 28.4. The maximum Gasteiger partial charge on any atom is 0.301 e. The molecular weight excluding hydrogens is 542 g/mol. The number of aliphatic hydroxyl groups excluding tert-OH is 1. The van der Waals surface area contributed by atoms with E-state index in [1.54, 1.807) is 30.3 Å². The van der Waals surface area contributed by atoms with Gasteiger partial charge in [-0.05, 0) is 48.7 Å². The van der Waals surface area contributed by atoms with Gasteiger partial charge < -0.3 is 9.84 Å². The number of nitrogens with zero attached hydrogens (tertiary/aromatic N) is 3. The molecule has 0 bridgehead atoms. The molecule has 0 aliphatic carbocycles. The van der Waals surface area contributed by atoms with Gasteiger partial charge in [-0.2, -0.15) is 0 Å². The molecule has 1 amide bonds. The van der Waals surface area contributed by atoms with E-state index in [-0.39, 0.29) is 16.5 Å². The first-order chi connectivity index (χ1) is 19.4. The summed E-state index contributed by atoms with van der Waals surface area (Å²) in [5.41, 5.74) is 3.99. The number of ether oxygens (including phenoxy) is 1. The van der Waals surface area contributed by atoms with E-state index < -0.39 is 17.7 Å². The predicted octanol–water partition coefficient (Wildman–Crippen LogP) is 6.64. The highest BCUT2D eigenvalue weighted by Crippen LogP contribution is 2.44. The van der Waals surface area contributed by atoms with Crippen molar-refractivity contribution in [1.82, 2.24) is 10.2 Å². The highest BCUT2D eigenvalue weighted by molar-refractivity contribution is 8.00. The number of rotatable bonds is 9. The van der Waals surface area contributed by atoms with Gasteiger partial charge in [0.25, 0.3) is 5.78 Å². The van der Waals surface area contributed by atoms with Crippen molar-refractivity contribution in [2.75, 3.05) is 11.5 Å². The average Bonchev–Trinajstić information content (AvgIpc) is 3.54. The smallest absolute Gasteiger partial charge is 0.301 e. The minimum absolute atomic E-state index is 0.00662. The number of thioether (sulfide) groups is 1. The summed E-state index contributed by atoms with van der Waals surface area (Å²) in [5, 5.41) is 20.4. The van der Waals surface area contributed by atoms with Crippen LogP contribution in [0.5, 0.6) is 5.75 Å². The number of amides is 1. The SMILES string of the molecule is C=CCOc1ccc(C2/C(=C(\O)c3cc(C)ccc3C)C(=O)C(=O)N2c2nnc(SCc3ccccc3)s2)cc1. The third-order valence-electron chi connectivity index (χ3n) is 6.46. The minimum atomic E-state index is -0.895. The third-order valence-corrected chi connectivity index (χ3v) is 8.59. The number of ketones is 1. The molecule has 1 aliphatic rings. The Balaban J connectivity index is 1.56. The number of benzene rings is 3. The van der Waals surface area contributed by atoms with Gasteiger partial charge >= 0.3 is 5.91 Å². The molecule has 7 nitrogen and oxygen atoms in total. The molecule has 202 valence electrons. The fourth-order valence-corrected chi connectivity index (χ4v) is 6.28. The Morgan fingerprint density at radius 1 is 1.07 bits per heavy atom. The number of aliphatic hydroxyl groups is 1. The molecule has 1 fully saturated rings. The van der Waals surface area contributed by atoms with Gasteiger partial charge in [-0.1, -0.05) is 95.9 Å². The Hall–Kier alpha value is -4.21. The number of carbonyl (C=O) groups excluding carboxylic acids is 2. The van der Waals surface area contributed by atoms with Crippen LogP contribution in [-0.4, -0.2) is 33.6 Å². The van der Waals surface area contributed by atoms with E-state index in [2.05, 4.69) is 16.8 Å². The molecule has 0 saturated carbocycles. The van der Waals surface area contributed by atoms with Crippen LogP contribution in [0.25, 0.3) is 5.76 Å². The van der Waals surface area contributed by atoms with Gasteiger partial charge in [0.05, 0.1) is 11.6 Å². The first-order valence-corrected chi connectivity index (χ1v) is 14.4. The Morgan fingerprint density at radius 3 is 2.55 bits per heavy atom. The number of anilines is 1. The van der Waals surface area contributed by atoms with Gasteiger partial charge in [-0.3, -0.25) is 14.5 Å². The molecule has 1 aromatic heterocycles. The number of aryl methyl sites for hydroxylation is 2. The van der Waals surface area contributed by atoms with Crippen LogP contribution in [0.4, 0.5) is 5.13 Å². The summed E-state index contributed by atoms with van der Waals surface area (Å²) < 4.78 is 6.28. The van der Waals surface area contributed by atoms with Gasteiger partial charge in [-0.25, -0.2) is 0 Å². The standard InChI is InChI=1S/C31H27N3O4S2/c1-4-16-38-23-14-12-22(13-15-23)26-25(27(35)24-17-19(2)10-11-20(24)3)28(36)29(37)34(26)30-32-33-31(40-30)39-18-21-8-6-5-7-9-21/h4-15,17,26,35H,1,16,18H2,2-3H3/b27-25+. The maximum absolute atomic E-state index is 13.5. The van der Waals surface area contributed by atoms with Crippen molar-refractivity contribution in [3.05, 3.63) is 119 Å². The predicted molar refractivity (Wildman–Crippen MR) is 159 cm³/mol. The average molecular weight is 570 g/mol. The van der Waals surface area contributed by atoms with Gasteiger partial charge in [0.15, 0.2) is 4.34 Å². The maximum atomic E-state index is 13.5. The van der Waals surface area contributed by atoms with Crippen LogP contribution in [0.3, 0.4) is 0 Å². The van der Waals surface area contributed by atoms with Gasteiger partial charge in [-0.15, -0.1) is 10.2 Å². The van der Waals surface area contributed by atoms with Crippen LogP contribution in [-0.2, 0) is 15.3 Å². The van der Waals surface area contributed by atoms with E-state index in [1.807, 2.05) is 62.4 Å². The largest absolute Gasteiger partial charge is 0.507 e.